The molecule has 0 bridgehead atoms. The quantitative estimate of drug-likeness (QED) is 0.812. The van der Waals surface area contributed by atoms with Crippen LogP contribution in [0.3, 0.4) is 0 Å². The van der Waals surface area contributed by atoms with Crippen molar-refractivity contribution in [1.82, 2.24) is 0 Å². The largest absolute Gasteiger partial charge is 0.490 e. The zero-order valence-corrected chi connectivity index (χ0v) is 10.8. The molecule has 0 spiro atoms. The summed E-state index contributed by atoms with van der Waals surface area (Å²) in [4.78, 5) is 15.2. The van der Waals surface area contributed by atoms with Crippen LogP contribution < -0.4 is 9.98 Å². The van der Waals surface area contributed by atoms with Gasteiger partial charge >= 0.3 is 12.1 Å². The Hall–Kier alpha value is -2.14. The Morgan fingerprint density at radius 1 is 1.38 bits per heavy atom. The first-order valence-corrected chi connectivity index (χ1v) is 6.79. The van der Waals surface area contributed by atoms with Gasteiger partial charge in [0.25, 0.3) is 0 Å². The van der Waals surface area contributed by atoms with Crippen LogP contribution in [0.25, 0.3) is 0 Å². The van der Waals surface area contributed by atoms with Crippen LogP contribution in [-0.2, 0) is 19.6 Å². The summed E-state index contributed by atoms with van der Waals surface area (Å²) in [5.74, 6) is -2.58. The molecule has 2 N–H and O–H groups in total. The fourth-order valence-electron chi connectivity index (χ4n) is 1.50. The zero-order valence-electron chi connectivity index (χ0n) is 9.99. The number of carbonyl (C=O) groups is 1. The number of halogens is 3. The van der Waals surface area contributed by atoms with Crippen molar-refractivity contribution in [3.63, 3.8) is 0 Å². The molecule has 1 heterocycles. The number of primary sulfonamides is 1. The van der Waals surface area contributed by atoms with Gasteiger partial charge in [-0.05, 0) is 12.1 Å². The smallest absolute Gasteiger partial charge is 0.445 e. The van der Waals surface area contributed by atoms with Crippen LogP contribution in [0, 0.1) is 0 Å². The lowest BCUT2D eigenvalue weighted by Crippen LogP contribution is -2.28. The molecule has 1 aliphatic rings. The highest BCUT2D eigenvalue weighted by Gasteiger charge is 2.43. The second-order valence-corrected chi connectivity index (χ2v) is 5.48. The van der Waals surface area contributed by atoms with Gasteiger partial charge in [0.2, 0.25) is 10.0 Å². The summed E-state index contributed by atoms with van der Waals surface area (Å²) in [6.45, 7) is 0. The molecule has 1 aromatic rings. The van der Waals surface area contributed by atoms with E-state index in [4.69, 9.17) is 9.98 Å². The van der Waals surface area contributed by atoms with E-state index in [2.05, 4.69) is 9.89 Å². The van der Waals surface area contributed by atoms with Gasteiger partial charge in [0, 0.05) is 11.6 Å². The van der Waals surface area contributed by atoms with Gasteiger partial charge in [0.15, 0.2) is 11.9 Å². The number of benzene rings is 1. The molecule has 11 heteroatoms. The van der Waals surface area contributed by atoms with Gasteiger partial charge < -0.3 is 9.57 Å². The molecule has 0 aliphatic carbocycles. The van der Waals surface area contributed by atoms with Gasteiger partial charge in [-0.15, -0.1) is 0 Å². The minimum atomic E-state index is -5.16. The van der Waals surface area contributed by atoms with Gasteiger partial charge in [-0.1, -0.05) is 5.16 Å². The second kappa shape index (κ2) is 5.00. The van der Waals surface area contributed by atoms with Crippen molar-refractivity contribution in [2.45, 2.75) is 17.2 Å². The number of ether oxygens (including phenoxy) is 1. The number of nitrogens with two attached hydrogens (primary N) is 1. The zero-order chi connectivity index (χ0) is 15.8. The number of alkyl halides is 3. The van der Waals surface area contributed by atoms with Crippen LogP contribution in [-0.4, -0.2) is 26.8 Å². The molecule has 114 valence electrons. The highest BCUT2D eigenvalue weighted by Crippen LogP contribution is 2.33. The average molecular weight is 324 g/mol. The van der Waals surface area contributed by atoms with E-state index in [0.717, 1.165) is 24.4 Å². The molecule has 0 amide bonds. The highest BCUT2D eigenvalue weighted by atomic mass is 32.2. The molecule has 7 nitrogen and oxygen atoms in total. The van der Waals surface area contributed by atoms with Crippen LogP contribution in [0.1, 0.15) is 11.7 Å². The van der Waals surface area contributed by atoms with Crippen molar-refractivity contribution in [1.29, 1.82) is 0 Å². The average Bonchev–Trinajstić information content (AvgIpc) is 2.36. The second-order valence-electron chi connectivity index (χ2n) is 3.91. The molecule has 1 aliphatic heterocycles. The standard InChI is InChI=1S/C10H7F3N2O5S/c11-10(12,13)9(16)19-8-4-15-20-7-3-5(21(14,17)18)1-2-6(7)8/h1-4,8H,(H2,14,17,18). The van der Waals surface area contributed by atoms with Gasteiger partial charge in [0.05, 0.1) is 11.1 Å². The SMILES string of the molecule is NS(=O)(=O)c1ccc2c(c1)ON=CC2OC(=O)C(F)(F)F. The van der Waals surface area contributed by atoms with Gasteiger partial charge in [0.1, 0.15) is 0 Å². The van der Waals surface area contributed by atoms with E-state index in [0.29, 0.717) is 0 Å². The fraction of sp³-hybridized carbons (Fsp3) is 0.200. The Morgan fingerprint density at radius 3 is 2.62 bits per heavy atom. The summed E-state index contributed by atoms with van der Waals surface area (Å²) in [5, 5.41) is 8.16. The normalized spacial score (nSPS) is 17.8. The Morgan fingerprint density at radius 2 is 2.05 bits per heavy atom. The minimum absolute atomic E-state index is 0.00926. The molecule has 0 aromatic heterocycles. The number of esters is 1. The van der Waals surface area contributed by atoms with E-state index in [1.54, 1.807) is 0 Å². The van der Waals surface area contributed by atoms with Gasteiger partial charge in [-0.3, -0.25) is 0 Å². The third-order valence-corrected chi connectivity index (χ3v) is 3.34. The summed E-state index contributed by atoms with van der Waals surface area (Å²) >= 11 is 0. The Labute approximate surface area is 116 Å². The van der Waals surface area contributed by atoms with Crippen molar-refractivity contribution < 1.29 is 36.0 Å². The molecular formula is C10H7F3N2O5S. The molecule has 2 rings (SSSR count). The van der Waals surface area contributed by atoms with E-state index in [-0.39, 0.29) is 16.2 Å². The topological polar surface area (TPSA) is 108 Å². The van der Waals surface area contributed by atoms with Gasteiger partial charge in [-0.2, -0.15) is 13.2 Å². The molecule has 0 saturated carbocycles. The summed E-state index contributed by atoms with van der Waals surface area (Å²) in [5.41, 5.74) is 0.00926. The number of fused-ring (bicyclic) bond motifs is 1. The lowest BCUT2D eigenvalue weighted by atomic mass is 10.1. The van der Waals surface area contributed by atoms with E-state index in [1.165, 1.54) is 0 Å². The number of nitrogens with zero attached hydrogens (tertiary/aromatic N) is 1. The first kappa shape index (κ1) is 15.3. The van der Waals surface area contributed by atoms with Crippen molar-refractivity contribution >= 4 is 22.2 Å². The van der Waals surface area contributed by atoms with Crippen molar-refractivity contribution in [3.05, 3.63) is 23.8 Å². The molecule has 0 fully saturated rings. The van der Waals surface area contributed by atoms with Crippen LogP contribution in [0.4, 0.5) is 13.2 Å². The Balaban J connectivity index is 2.33. The molecule has 0 saturated heterocycles. The highest BCUT2D eigenvalue weighted by molar-refractivity contribution is 7.89. The molecular weight excluding hydrogens is 317 g/mol. The minimum Gasteiger partial charge on any atom is -0.445 e. The summed E-state index contributed by atoms with van der Waals surface area (Å²) in [6, 6.07) is 3.13. The van der Waals surface area contributed by atoms with Crippen molar-refractivity contribution in [3.8, 4) is 5.75 Å². The van der Waals surface area contributed by atoms with Crippen molar-refractivity contribution in [2.75, 3.05) is 0 Å². The predicted octanol–water partition coefficient (Wildman–Crippen LogP) is 0.859. The van der Waals surface area contributed by atoms with E-state index in [9.17, 15) is 26.4 Å². The van der Waals surface area contributed by atoms with E-state index in [1.807, 2.05) is 0 Å². The van der Waals surface area contributed by atoms with Crippen LogP contribution in [0.15, 0.2) is 28.3 Å². The molecule has 1 aromatic carbocycles. The van der Waals surface area contributed by atoms with Crippen molar-refractivity contribution in [2.24, 2.45) is 10.3 Å². The lowest BCUT2D eigenvalue weighted by Gasteiger charge is -2.20. The summed E-state index contributed by atoms with van der Waals surface area (Å²) in [7, 11) is -4.02. The Kier molecular flexibility index (Phi) is 3.63. The molecule has 1 unspecified atom stereocenters. The fourth-order valence-corrected chi connectivity index (χ4v) is 2.03. The molecule has 0 radical (unpaired) electrons. The third kappa shape index (κ3) is 3.31. The summed E-state index contributed by atoms with van der Waals surface area (Å²) in [6.07, 6.45) is -5.77. The molecule has 1 atom stereocenters. The number of oxime groups is 1. The maximum atomic E-state index is 12.2. The number of carbonyl (C=O) groups excluding carboxylic acids is 1. The third-order valence-electron chi connectivity index (χ3n) is 2.43. The summed E-state index contributed by atoms with van der Waals surface area (Å²) < 4.78 is 63.0. The predicted molar refractivity (Wildman–Crippen MR) is 61.8 cm³/mol. The van der Waals surface area contributed by atoms with Crippen LogP contribution >= 0.6 is 0 Å². The van der Waals surface area contributed by atoms with Crippen LogP contribution in [0.5, 0.6) is 5.75 Å². The maximum Gasteiger partial charge on any atom is 0.490 e. The van der Waals surface area contributed by atoms with E-state index < -0.39 is 28.3 Å². The van der Waals surface area contributed by atoms with E-state index >= 15 is 0 Å². The number of hydrogen-bond donors (Lipinski definition) is 1. The first-order valence-electron chi connectivity index (χ1n) is 5.24. The molecule has 21 heavy (non-hydrogen) atoms. The lowest BCUT2D eigenvalue weighted by molar-refractivity contribution is -0.202. The number of rotatable bonds is 2. The van der Waals surface area contributed by atoms with Crippen LogP contribution in [0.2, 0.25) is 0 Å². The number of hydrogen-bond acceptors (Lipinski definition) is 6. The monoisotopic (exact) mass is 324 g/mol. The van der Waals surface area contributed by atoms with Gasteiger partial charge in [-0.25, -0.2) is 18.4 Å². The Bertz CT molecular complexity index is 714. The maximum absolute atomic E-state index is 12.2. The first-order chi connectivity index (χ1) is 9.59. The number of sulfonamides is 1.